The smallest absolute Gasteiger partial charge is 0.265 e. The Bertz CT molecular complexity index is 936. The number of nitrogens with one attached hydrogen (secondary N) is 1. The van der Waals surface area contributed by atoms with Gasteiger partial charge < -0.3 is 5.32 Å². The highest BCUT2D eigenvalue weighted by atomic mass is 32.2. The molecular weight excluding hydrogens is 340 g/mol. The monoisotopic (exact) mass is 358 g/mol. The lowest BCUT2D eigenvalue weighted by Crippen LogP contribution is -2.47. The number of carbonyl (C=O) groups is 2. The Kier molecular flexibility index (Phi) is 4.34. The van der Waals surface area contributed by atoms with Crippen molar-refractivity contribution in [2.24, 2.45) is 0 Å². The summed E-state index contributed by atoms with van der Waals surface area (Å²) in [7, 11) is -2.45. The average molecular weight is 358 g/mol. The van der Waals surface area contributed by atoms with Gasteiger partial charge in [-0.3, -0.25) is 13.9 Å². The molecule has 1 aliphatic heterocycles. The largest absolute Gasteiger partial charge is 0.357 e. The molecule has 0 spiro atoms. The van der Waals surface area contributed by atoms with Crippen molar-refractivity contribution in [1.29, 1.82) is 0 Å². The summed E-state index contributed by atoms with van der Waals surface area (Å²) in [5.41, 5.74) is 1.75. The zero-order chi connectivity index (χ0) is 18.2. The molecule has 1 amide bonds. The first-order valence-corrected chi connectivity index (χ1v) is 9.25. The summed E-state index contributed by atoms with van der Waals surface area (Å²) in [4.78, 5) is 23.7. The number of amides is 1. The lowest BCUT2D eigenvalue weighted by Gasteiger charge is -2.25. The van der Waals surface area contributed by atoms with Crippen LogP contribution in [0.3, 0.4) is 0 Å². The fourth-order valence-electron chi connectivity index (χ4n) is 3.00. The average Bonchev–Trinajstić information content (AvgIpc) is 3.01. The van der Waals surface area contributed by atoms with E-state index in [4.69, 9.17) is 0 Å². The number of anilines is 1. The zero-order valence-corrected chi connectivity index (χ0v) is 14.7. The fraction of sp³-hybridized carbons (Fsp3) is 0.222. The Labute approximate surface area is 146 Å². The van der Waals surface area contributed by atoms with E-state index < -0.39 is 16.1 Å². The lowest BCUT2D eigenvalue weighted by molar-refractivity contribution is -0.121. The molecule has 0 fully saturated rings. The Morgan fingerprint density at radius 1 is 1.08 bits per heavy atom. The van der Waals surface area contributed by atoms with Crippen LogP contribution < -0.4 is 9.62 Å². The SMILES string of the molecule is CNC(=O)C1Cc2ccccc2N1S(=O)(=O)c1ccc(C(C)=O)cc1. The van der Waals surface area contributed by atoms with Crippen molar-refractivity contribution >= 4 is 27.4 Å². The number of rotatable bonds is 4. The van der Waals surface area contributed by atoms with Crippen LogP contribution in [0, 0.1) is 0 Å². The van der Waals surface area contributed by atoms with Crippen molar-refractivity contribution in [3.05, 3.63) is 59.7 Å². The molecule has 25 heavy (non-hydrogen) atoms. The van der Waals surface area contributed by atoms with Gasteiger partial charge in [0, 0.05) is 19.0 Å². The van der Waals surface area contributed by atoms with E-state index in [0.29, 0.717) is 17.7 Å². The van der Waals surface area contributed by atoms with E-state index >= 15 is 0 Å². The molecule has 7 heteroatoms. The number of hydrogen-bond acceptors (Lipinski definition) is 4. The quantitative estimate of drug-likeness (QED) is 0.844. The van der Waals surface area contributed by atoms with Gasteiger partial charge >= 0.3 is 0 Å². The van der Waals surface area contributed by atoms with Crippen LogP contribution in [0.2, 0.25) is 0 Å². The normalized spacial score (nSPS) is 16.4. The van der Waals surface area contributed by atoms with Crippen LogP contribution in [-0.4, -0.2) is 33.2 Å². The molecule has 1 N–H and O–H groups in total. The van der Waals surface area contributed by atoms with Crippen LogP contribution in [0.15, 0.2) is 53.4 Å². The minimum absolute atomic E-state index is 0.0445. The summed E-state index contributed by atoms with van der Waals surface area (Å²) in [6, 6.07) is 12.0. The maximum atomic E-state index is 13.2. The van der Waals surface area contributed by atoms with Crippen molar-refractivity contribution < 1.29 is 18.0 Å². The van der Waals surface area contributed by atoms with Crippen LogP contribution in [-0.2, 0) is 21.2 Å². The number of nitrogens with zero attached hydrogens (tertiary/aromatic N) is 1. The van der Waals surface area contributed by atoms with Crippen LogP contribution >= 0.6 is 0 Å². The summed E-state index contributed by atoms with van der Waals surface area (Å²) in [5.74, 6) is -0.501. The highest BCUT2D eigenvalue weighted by Crippen LogP contribution is 2.36. The fourth-order valence-corrected chi connectivity index (χ4v) is 4.65. The second-order valence-corrected chi connectivity index (χ2v) is 7.66. The van der Waals surface area contributed by atoms with Gasteiger partial charge in [-0.2, -0.15) is 0 Å². The summed E-state index contributed by atoms with van der Waals surface area (Å²) < 4.78 is 27.5. The number of Topliss-reactive ketones (excluding diaryl/α,β-unsaturated/α-hetero) is 1. The van der Waals surface area contributed by atoms with Crippen molar-refractivity contribution in [2.75, 3.05) is 11.4 Å². The van der Waals surface area contributed by atoms with E-state index in [0.717, 1.165) is 5.56 Å². The minimum Gasteiger partial charge on any atom is -0.357 e. The molecule has 6 nitrogen and oxygen atoms in total. The van der Waals surface area contributed by atoms with Gasteiger partial charge in [-0.05, 0) is 30.7 Å². The molecule has 1 unspecified atom stereocenters. The Morgan fingerprint density at radius 2 is 1.72 bits per heavy atom. The number of fused-ring (bicyclic) bond motifs is 1. The maximum Gasteiger partial charge on any atom is 0.265 e. The number of ketones is 1. The van der Waals surface area contributed by atoms with Crippen LogP contribution in [0.4, 0.5) is 5.69 Å². The Balaban J connectivity index is 2.09. The van der Waals surface area contributed by atoms with Crippen LogP contribution in [0.5, 0.6) is 0 Å². The highest BCUT2D eigenvalue weighted by molar-refractivity contribution is 7.93. The molecule has 0 saturated heterocycles. The van der Waals surface area contributed by atoms with Crippen molar-refractivity contribution in [3.63, 3.8) is 0 Å². The van der Waals surface area contributed by atoms with Crippen molar-refractivity contribution in [1.82, 2.24) is 5.32 Å². The standard InChI is InChI=1S/C18H18N2O4S/c1-12(21)13-7-9-15(10-8-13)25(23,24)20-16-6-4-3-5-14(16)11-17(20)18(22)19-2/h3-10,17H,11H2,1-2H3,(H,19,22). The molecule has 3 rings (SSSR count). The molecule has 2 aromatic carbocycles. The van der Waals surface area contributed by atoms with Crippen molar-refractivity contribution in [3.8, 4) is 0 Å². The molecule has 0 bridgehead atoms. The summed E-state index contributed by atoms with van der Waals surface area (Å²) in [5, 5.41) is 2.53. The van der Waals surface area contributed by atoms with Gasteiger partial charge in [0.25, 0.3) is 10.0 Å². The first kappa shape index (κ1) is 17.2. The van der Waals surface area contributed by atoms with Crippen molar-refractivity contribution in [2.45, 2.75) is 24.3 Å². The topological polar surface area (TPSA) is 83.6 Å². The predicted octanol–water partition coefficient (Wildman–Crippen LogP) is 1.76. The molecule has 0 radical (unpaired) electrons. The number of para-hydroxylation sites is 1. The molecule has 2 aromatic rings. The number of likely N-dealkylation sites (N-methyl/N-ethyl adjacent to an activating group) is 1. The third-order valence-corrected chi connectivity index (χ3v) is 6.13. The summed E-state index contributed by atoms with van der Waals surface area (Å²) in [6.07, 6.45) is 0.320. The molecule has 1 aliphatic rings. The third-order valence-electron chi connectivity index (χ3n) is 4.29. The van der Waals surface area contributed by atoms with Gasteiger partial charge in [0.1, 0.15) is 6.04 Å². The minimum atomic E-state index is -3.94. The second-order valence-electron chi connectivity index (χ2n) is 5.84. The second kappa shape index (κ2) is 6.33. The summed E-state index contributed by atoms with van der Waals surface area (Å²) in [6.45, 7) is 1.42. The number of hydrogen-bond donors (Lipinski definition) is 1. The van der Waals surface area contributed by atoms with Gasteiger partial charge in [0.05, 0.1) is 10.6 Å². The number of benzene rings is 2. The maximum absolute atomic E-state index is 13.2. The van der Waals surface area contributed by atoms with E-state index in [1.165, 1.54) is 42.5 Å². The molecule has 0 saturated carbocycles. The van der Waals surface area contributed by atoms with E-state index in [9.17, 15) is 18.0 Å². The molecule has 0 aliphatic carbocycles. The van der Waals surface area contributed by atoms with Crippen LogP contribution in [0.1, 0.15) is 22.8 Å². The van der Waals surface area contributed by atoms with Crippen LogP contribution in [0.25, 0.3) is 0 Å². The molecule has 0 aromatic heterocycles. The van der Waals surface area contributed by atoms with E-state index in [1.54, 1.807) is 12.1 Å². The van der Waals surface area contributed by atoms with E-state index in [1.807, 2.05) is 12.1 Å². The highest BCUT2D eigenvalue weighted by Gasteiger charge is 2.41. The molecule has 1 atom stereocenters. The van der Waals surface area contributed by atoms with Gasteiger partial charge in [0.2, 0.25) is 5.91 Å². The third kappa shape index (κ3) is 2.91. The first-order chi connectivity index (χ1) is 11.9. The molecule has 130 valence electrons. The van der Waals surface area contributed by atoms with Gasteiger partial charge in [0.15, 0.2) is 5.78 Å². The zero-order valence-electron chi connectivity index (χ0n) is 13.9. The predicted molar refractivity (Wildman–Crippen MR) is 94.1 cm³/mol. The first-order valence-electron chi connectivity index (χ1n) is 7.81. The van der Waals surface area contributed by atoms with E-state index in [2.05, 4.69) is 5.32 Å². The number of sulfonamides is 1. The Hall–Kier alpha value is -2.67. The van der Waals surface area contributed by atoms with Gasteiger partial charge in [-0.15, -0.1) is 0 Å². The van der Waals surface area contributed by atoms with Gasteiger partial charge in [-0.25, -0.2) is 8.42 Å². The lowest BCUT2D eigenvalue weighted by atomic mass is 10.1. The Morgan fingerprint density at radius 3 is 2.32 bits per heavy atom. The van der Waals surface area contributed by atoms with Gasteiger partial charge in [-0.1, -0.05) is 30.3 Å². The van der Waals surface area contributed by atoms with E-state index in [-0.39, 0.29) is 16.6 Å². The number of carbonyl (C=O) groups excluding carboxylic acids is 2. The molecular formula is C18H18N2O4S. The molecule has 1 heterocycles. The summed E-state index contributed by atoms with van der Waals surface area (Å²) >= 11 is 0.